The summed E-state index contributed by atoms with van der Waals surface area (Å²) in [5, 5.41) is 11.7. The van der Waals surface area contributed by atoms with Gasteiger partial charge in [0.15, 0.2) is 5.88 Å². The molecule has 1 aromatic heterocycles. The third-order valence-electron chi connectivity index (χ3n) is 6.16. The van der Waals surface area contributed by atoms with Crippen molar-refractivity contribution in [1.82, 2.24) is 4.98 Å². The smallest absolute Gasteiger partial charge is 0.337 e. The highest BCUT2D eigenvalue weighted by atomic mass is 16.5. The minimum atomic E-state index is -0.427. The van der Waals surface area contributed by atoms with E-state index in [1.54, 1.807) is 12.1 Å². The largest absolute Gasteiger partial charge is 0.494 e. The van der Waals surface area contributed by atoms with Crippen LogP contribution in [0.1, 0.15) is 34.0 Å². The Bertz CT molecular complexity index is 1370. The van der Waals surface area contributed by atoms with Gasteiger partial charge in [-0.1, -0.05) is 36.4 Å². The molecule has 3 aromatic carbocycles. The molecule has 166 valence electrons. The van der Waals surface area contributed by atoms with E-state index in [9.17, 15) is 9.90 Å². The van der Waals surface area contributed by atoms with Gasteiger partial charge in [-0.2, -0.15) is 0 Å². The number of esters is 1. The third-order valence-corrected chi connectivity index (χ3v) is 6.16. The Morgan fingerprint density at radius 2 is 1.91 bits per heavy atom. The second-order valence-corrected chi connectivity index (χ2v) is 8.07. The molecule has 2 heterocycles. The number of nitrogens with zero attached hydrogens (tertiary/aromatic N) is 2. The lowest BCUT2D eigenvalue weighted by Gasteiger charge is -2.16. The van der Waals surface area contributed by atoms with Crippen molar-refractivity contribution in [2.75, 3.05) is 25.1 Å². The molecule has 5 rings (SSSR count). The van der Waals surface area contributed by atoms with Crippen molar-refractivity contribution in [1.29, 1.82) is 0 Å². The van der Waals surface area contributed by atoms with Gasteiger partial charge in [-0.3, -0.25) is 0 Å². The van der Waals surface area contributed by atoms with E-state index in [2.05, 4.69) is 28.9 Å². The van der Waals surface area contributed by atoms with Crippen LogP contribution < -0.4 is 4.90 Å². The highest BCUT2D eigenvalue weighted by Gasteiger charge is 2.21. The van der Waals surface area contributed by atoms with Crippen LogP contribution in [0.15, 0.2) is 71.7 Å². The summed E-state index contributed by atoms with van der Waals surface area (Å²) < 4.78 is 4.83. The van der Waals surface area contributed by atoms with Crippen LogP contribution in [-0.4, -0.2) is 42.0 Å². The van der Waals surface area contributed by atoms with Gasteiger partial charge < -0.3 is 19.7 Å². The fourth-order valence-corrected chi connectivity index (χ4v) is 4.51. The number of aromatic amines is 1. The summed E-state index contributed by atoms with van der Waals surface area (Å²) in [6.45, 7) is 4.18. The topological polar surface area (TPSA) is 77.9 Å². The molecule has 0 saturated carbocycles. The molecular formula is C27H25N3O3. The van der Waals surface area contributed by atoms with Crippen molar-refractivity contribution in [2.24, 2.45) is 4.99 Å². The van der Waals surface area contributed by atoms with Gasteiger partial charge in [-0.15, -0.1) is 0 Å². The Morgan fingerprint density at radius 1 is 1.09 bits per heavy atom. The molecule has 1 aliphatic rings. The Kier molecular flexibility index (Phi) is 5.34. The molecule has 0 atom stereocenters. The molecule has 6 nitrogen and oxygen atoms in total. The van der Waals surface area contributed by atoms with Crippen LogP contribution in [0.2, 0.25) is 0 Å². The maximum atomic E-state index is 12.0. The van der Waals surface area contributed by atoms with Crippen LogP contribution in [-0.2, 0) is 11.2 Å². The number of fused-ring (bicyclic) bond motifs is 2. The van der Waals surface area contributed by atoms with Crippen molar-refractivity contribution in [2.45, 2.75) is 13.3 Å². The molecular weight excluding hydrogens is 414 g/mol. The number of nitrogens with one attached hydrogen (secondary N) is 1. The standard InChI is InChI=1S/C27H25N3O3/c1-3-30-14-13-18-15-20(10-12-23(18)30)28-25(17-7-5-4-6-8-17)24-21-11-9-19(27(32)33-2)16-22(21)29-26(24)31/h4-12,15-16,29,31H,3,13-14H2,1-2H3. The molecule has 0 unspecified atom stereocenters. The van der Waals surface area contributed by atoms with E-state index >= 15 is 0 Å². The zero-order valence-electron chi connectivity index (χ0n) is 18.6. The van der Waals surface area contributed by atoms with Crippen LogP contribution in [0.25, 0.3) is 10.9 Å². The lowest BCUT2D eigenvalue weighted by Crippen LogP contribution is -2.18. The second-order valence-electron chi connectivity index (χ2n) is 8.07. The Hall–Kier alpha value is -4.06. The highest BCUT2D eigenvalue weighted by Crippen LogP contribution is 2.34. The first-order valence-electron chi connectivity index (χ1n) is 11.0. The Balaban J connectivity index is 1.67. The summed E-state index contributed by atoms with van der Waals surface area (Å²) in [5.74, 6) is -0.420. The number of H-pyrrole nitrogens is 1. The van der Waals surface area contributed by atoms with E-state index in [1.165, 1.54) is 18.4 Å². The summed E-state index contributed by atoms with van der Waals surface area (Å²) in [7, 11) is 1.35. The minimum absolute atomic E-state index is 0.00735. The van der Waals surface area contributed by atoms with Crippen LogP contribution >= 0.6 is 0 Å². The van der Waals surface area contributed by atoms with Crippen LogP contribution in [0.5, 0.6) is 5.88 Å². The first-order valence-corrected chi connectivity index (χ1v) is 11.0. The second kappa shape index (κ2) is 8.47. The van der Waals surface area contributed by atoms with Crippen LogP contribution in [0.3, 0.4) is 0 Å². The van der Waals surface area contributed by atoms with E-state index in [1.807, 2.05) is 42.5 Å². The molecule has 0 spiro atoms. The molecule has 6 heteroatoms. The predicted molar refractivity (Wildman–Crippen MR) is 131 cm³/mol. The normalized spacial score (nSPS) is 13.4. The fraction of sp³-hybridized carbons (Fsp3) is 0.185. The number of aromatic hydroxyl groups is 1. The van der Waals surface area contributed by atoms with Gasteiger partial charge in [-0.05, 0) is 49.2 Å². The number of likely N-dealkylation sites (N-methyl/N-ethyl adjacent to an activating group) is 1. The van der Waals surface area contributed by atoms with Gasteiger partial charge in [0.1, 0.15) is 0 Å². The maximum absolute atomic E-state index is 12.0. The van der Waals surface area contributed by atoms with Crippen molar-refractivity contribution in [3.05, 3.63) is 89.0 Å². The van der Waals surface area contributed by atoms with Crippen molar-refractivity contribution in [3.63, 3.8) is 0 Å². The summed E-state index contributed by atoms with van der Waals surface area (Å²) in [6.07, 6.45) is 1.00. The minimum Gasteiger partial charge on any atom is -0.494 e. The van der Waals surface area contributed by atoms with E-state index in [0.717, 1.165) is 36.1 Å². The maximum Gasteiger partial charge on any atom is 0.337 e. The number of hydrogen-bond acceptors (Lipinski definition) is 5. The molecule has 0 saturated heterocycles. The van der Waals surface area contributed by atoms with Gasteiger partial charge in [0.25, 0.3) is 0 Å². The molecule has 1 aliphatic heterocycles. The number of ether oxygens (including phenoxy) is 1. The van der Waals surface area contributed by atoms with Crippen LogP contribution in [0, 0.1) is 0 Å². The molecule has 33 heavy (non-hydrogen) atoms. The van der Waals surface area contributed by atoms with Gasteiger partial charge in [-0.25, -0.2) is 9.79 Å². The predicted octanol–water partition coefficient (Wildman–Crippen LogP) is 5.21. The average Bonchev–Trinajstić information content (AvgIpc) is 3.41. The van der Waals surface area contributed by atoms with Crippen molar-refractivity contribution >= 4 is 34.0 Å². The van der Waals surface area contributed by atoms with E-state index < -0.39 is 5.97 Å². The number of aliphatic imine (C=N–C) groups is 1. The quantitative estimate of drug-likeness (QED) is 0.330. The zero-order chi connectivity index (χ0) is 22.9. The first-order chi connectivity index (χ1) is 16.1. The molecule has 2 N–H and O–H groups in total. The third kappa shape index (κ3) is 3.74. The number of methoxy groups -OCH3 is 1. The lowest BCUT2D eigenvalue weighted by atomic mass is 10.00. The van der Waals surface area contributed by atoms with Crippen molar-refractivity contribution in [3.8, 4) is 5.88 Å². The van der Waals surface area contributed by atoms with E-state index in [0.29, 0.717) is 22.4 Å². The SMILES string of the molecule is CCN1CCc2cc(N=C(c3ccccc3)c3c(O)[nH]c4cc(C(=O)OC)ccc34)ccc21. The number of hydrogen-bond donors (Lipinski definition) is 2. The van der Waals surface area contributed by atoms with Gasteiger partial charge in [0, 0.05) is 35.2 Å². The average molecular weight is 440 g/mol. The summed E-state index contributed by atoms with van der Waals surface area (Å²) in [4.78, 5) is 22.3. The molecule has 4 aromatic rings. The number of rotatable bonds is 5. The number of aromatic nitrogens is 1. The molecule has 0 fully saturated rings. The fourth-order valence-electron chi connectivity index (χ4n) is 4.51. The Morgan fingerprint density at radius 3 is 2.67 bits per heavy atom. The molecule has 0 amide bonds. The number of carbonyl (C=O) groups is 1. The summed E-state index contributed by atoms with van der Waals surface area (Å²) in [6, 6.07) is 21.3. The van der Waals surface area contributed by atoms with E-state index in [4.69, 9.17) is 9.73 Å². The molecule has 0 aliphatic carbocycles. The Labute approximate surface area is 192 Å². The zero-order valence-corrected chi connectivity index (χ0v) is 18.6. The van der Waals surface area contributed by atoms with E-state index in [-0.39, 0.29) is 5.88 Å². The molecule has 0 radical (unpaired) electrons. The van der Waals surface area contributed by atoms with Gasteiger partial charge in [0.2, 0.25) is 0 Å². The highest BCUT2D eigenvalue weighted by molar-refractivity contribution is 6.22. The lowest BCUT2D eigenvalue weighted by molar-refractivity contribution is 0.0601. The summed E-state index contributed by atoms with van der Waals surface area (Å²) >= 11 is 0. The van der Waals surface area contributed by atoms with Crippen molar-refractivity contribution < 1.29 is 14.6 Å². The monoisotopic (exact) mass is 439 g/mol. The van der Waals surface area contributed by atoms with Gasteiger partial charge in [0.05, 0.1) is 29.6 Å². The van der Waals surface area contributed by atoms with Crippen LogP contribution in [0.4, 0.5) is 11.4 Å². The summed E-state index contributed by atoms with van der Waals surface area (Å²) in [5.41, 5.74) is 6.60. The first kappa shape index (κ1) is 20.8. The number of carbonyl (C=O) groups excluding carboxylic acids is 1. The molecule has 0 bridgehead atoms. The number of anilines is 1. The van der Waals surface area contributed by atoms with Gasteiger partial charge >= 0.3 is 5.97 Å². The number of benzene rings is 3.